The van der Waals surface area contributed by atoms with E-state index in [1.807, 2.05) is 52.0 Å². The normalized spacial score (nSPS) is 11.6. The number of rotatable bonds is 10. The summed E-state index contributed by atoms with van der Waals surface area (Å²) in [6.07, 6.45) is 6.25. The van der Waals surface area contributed by atoms with Crippen LogP contribution in [0.15, 0.2) is 48.7 Å². The number of unbranched alkanes of at least 4 members (excludes halogenated alkanes) is 1. The fourth-order valence-electron chi connectivity index (χ4n) is 3.23. The predicted octanol–water partition coefficient (Wildman–Crippen LogP) is 5.81. The minimum atomic E-state index is -0.613. The molecule has 0 aliphatic heterocycles. The number of hydrogen-bond acceptors (Lipinski definition) is 6. The Hall–Kier alpha value is -3.15. The summed E-state index contributed by atoms with van der Waals surface area (Å²) in [4.78, 5) is 31.7. The van der Waals surface area contributed by atoms with Crippen LogP contribution in [0.2, 0.25) is 0 Å². The number of esters is 2. The van der Waals surface area contributed by atoms with Gasteiger partial charge in [-0.15, -0.1) is 0 Å². The van der Waals surface area contributed by atoms with Crippen molar-refractivity contribution in [1.29, 1.82) is 0 Å². The van der Waals surface area contributed by atoms with Gasteiger partial charge in [-0.1, -0.05) is 43.7 Å². The molecule has 1 heterocycles. The highest BCUT2D eigenvalue weighted by molar-refractivity contribution is 5.97. The highest BCUT2D eigenvalue weighted by Crippen LogP contribution is 2.28. The van der Waals surface area contributed by atoms with Gasteiger partial charge in [0.1, 0.15) is 5.60 Å². The van der Waals surface area contributed by atoms with E-state index in [9.17, 15) is 9.59 Å². The van der Waals surface area contributed by atoms with Gasteiger partial charge < -0.3 is 14.4 Å². The number of anilines is 1. The van der Waals surface area contributed by atoms with Crippen molar-refractivity contribution in [2.75, 3.05) is 11.5 Å². The molecule has 0 amide bonds. The molecule has 1 aromatic carbocycles. The summed E-state index contributed by atoms with van der Waals surface area (Å²) < 4.78 is 10.8. The first kappa shape index (κ1) is 26.1. The zero-order valence-corrected chi connectivity index (χ0v) is 20.6. The Bertz CT molecular complexity index is 946. The Labute approximate surface area is 197 Å². The van der Waals surface area contributed by atoms with Crippen molar-refractivity contribution in [3.8, 4) is 0 Å². The maximum atomic E-state index is 12.9. The van der Waals surface area contributed by atoms with Gasteiger partial charge in [0.15, 0.2) is 5.69 Å². The second kappa shape index (κ2) is 12.2. The van der Waals surface area contributed by atoms with Crippen molar-refractivity contribution in [1.82, 2.24) is 4.98 Å². The molecule has 0 spiro atoms. The molecular formula is C27H36N2O4. The first-order chi connectivity index (χ1) is 15.6. The molecule has 0 N–H and O–H groups in total. The Morgan fingerprint density at radius 3 is 2.42 bits per heavy atom. The lowest BCUT2D eigenvalue weighted by atomic mass is 10.1. The van der Waals surface area contributed by atoms with Crippen LogP contribution in [0.3, 0.4) is 0 Å². The second-order valence-electron chi connectivity index (χ2n) is 9.16. The van der Waals surface area contributed by atoms with Gasteiger partial charge in [-0.25, -0.2) is 14.6 Å². The van der Waals surface area contributed by atoms with E-state index in [1.165, 1.54) is 6.08 Å². The van der Waals surface area contributed by atoms with Crippen LogP contribution in [0, 0.1) is 0 Å². The molecule has 0 saturated carbocycles. The van der Waals surface area contributed by atoms with Crippen LogP contribution in [0.1, 0.15) is 76.0 Å². The van der Waals surface area contributed by atoms with Gasteiger partial charge in [0.2, 0.25) is 0 Å². The molecule has 0 saturated heterocycles. The van der Waals surface area contributed by atoms with Gasteiger partial charge in [-0.05, 0) is 58.7 Å². The Balaban J connectivity index is 2.49. The monoisotopic (exact) mass is 452 g/mol. The van der Waals surface area contributed by atoms with Crippen LogP contribution in [0.4, 0.5) is 5.69 Å². The van der Waals surface area contributed by atoms with Crippen molar-refractivity contribution < 1.29 is 19.1 Å². The lowest BCUT2D eigenvalue weighted by molar-refractivity contribution is -0.148. The summed E-state index contributed by atoms with van der Waals surface area (Å²) in [6.45, 7) is 12.6. The Kier molecular flexibility index (Phi) is 9.64. The standard InChI is InChI=1S/C27H36N2O4/c1-7-8-18-32-26(31)25-22(14-15-24(30)33-27(4,5)6)23(16-17-28-25)29(20(2)3)19-21-12-10-9-11-13-21/h9-17,20H,7-8,18-19H2,1-6H3. The molecule has 0 atom stereocenters. The SMILES string of the molecule is CCCCOC(=O)c1nccc(N(Cc2ccccc2)C(C)C)c1C=CC(=O)OC(C)(C)C. The van der Waals surface area contributed by atoms with Crippen LogP contribution in [-0.4, -0.2) is 35.2 Å². The number of ether oxygens (including phenoxy) is 2. The van der Waals surface area contributed by atoms with Crippen LogP contribution < -0.4 is 4.90 Å². The molecular weight excluding hydrogens is 416 g/mol. The maximum Gasteiger partial charge on any atom is 0.357 e. The highest BCUT2D eigenvalue weighted by Gasteiger charge is 2.22. The molecule has 6 nitrogen and oxygen atoms in total. The van der Waals surface area contributed by atoms with E-state index in [2.05, 4.69) is 35.9 Å². The minimum Gasteiger partial charge on any atom is -0.461 e. The van der Waals surface area contributed by atoms with Gasteiger partial charge in [0, 0.05) is 36.1 Å². The molecule has 2 rings (SSSR count). The number of aromatic nitrogens is 1. The van der Waals surface area contributed by atoms with E-state index in [0.29, 0.717) is 18.7 Å². The van der Waals surface area contributed by atoms with Crippen molar-refractivity contribution in [3.05, 3.63) is 65.5 Å². The Morgan fingerprint density at radius 1 is 1.12 bits per heavy atom. The molecule has 178 valence electrons. The summed E-state index contributed by atoms with van der Waals surface area (Å²) in [6, 6.07) is 12.1. The maximum absolute atomic E-state index is 12.9. The average Bonchev–Trinajstić information content (AvgIpc) is 2.75. The van der Waals surface area contributed by atoms with Gasteiger partial charge in [0.05, 0.1) is 6.61 Å². The van der Waals surface area contributed by atoms with Crippen LogP contribution >= 0.6 is 0 Å². The third-order valence-corrected chi connectivity index (χ3v) is 4.81. The molecule has 2 aromatic rings. The number of hydrogen-bond donors (Lipinski definition) is 0. The number of pyridine rings is 1. The van der Waals surface area contributed by atoms with Crippen molar-refractivity contribution in [2.45, 2.75) is 72.6 Å². The molecule has 0 aliphatic carbocycles. The molecule has 1 aromatic heterocycles. The predicted molar refractivity (Wildman–Crippen MR) is 132 cm³/mol. The fourth-order valence-corrected chi connectivity index (χ4v) is 3.23. The largest absolute Gasteiger partial charge is 0.461 e. The van der Waals surface area contributed by atoms with E-state index in [1.54, 1.807) is 12.3 Å². The summed E-state index contributed by atoms with van der Waals surface area (Å²) in [5.41, 5.74) is 2.04. The first-order valence-electron chi connectivity index (χ1n) is 11.5. The summed E-state index contributed by atoms with van der Waals surface area (Å²) in [5.74, 6) is -0.987. The minimum absolute atomic E-state index is 0.130. The molecule has 0 aliphatic rings. The lowest BCUT2D eigenvalue weighted by Crippen LogP contribution is -2.31. The lowest BCUT2D eigenvalue weighted by Gasteiger charge is -2.31. The van der Waals surface area contributed by atoms with E-state index in [4.69, 9.17) is 9.47 Å². The van der Waals surface area contributed by atoms with Gasteiger partial charge >= 0.3 is 11.9 Å². The quantitative estimate of drug-likeness (QED) is 0.257. The first-order valence-corrected chi connectivity index (χ1v) is 11.5. The van der Waals surface area contributed by atoms with Gasteiger partial charge in [-0.2, -0.15) is 0 Å². The summed E-state index contributed by atoms with van der Waals surface area (Å²) in [7, 11) is 0. The molecule has 0 radical (unpaired) electrons. The summed E-state index contributed by atoms with van der Waals surface area (Å²) in [5, 5.41) is 0. The smallest absolute Gasteiger partial charge is 0.357 e. The molecule has 0 fully saturated rings. The third kappa shape index (κ3) is 8.37. The van der Waals surface area contributed by atoms with E-state index >= 15 is 0 Å². The third-order valence-electron chi connectivity index (χ3n) is 4.81. The highest BCUT2D eigenvalue weighted by atomic mass is 16.6. The van der Waals surface area contributed by atoms with Crippen LogP contribution in [0.5, 0.6) is 0 Å². The van der Waals surface area contributed by atoms with Crippen molar-refractivity contribution >= 4 is 23.7 Å². The van der Waals surface area contributed by atoms with Gasteiger partial charge in [-0.3, -0.25) is 0 Å². The average molecular weight is 453 g/mol. The number of nitrogens with zero attached hydrogens (tertiary/aromatic N) is 2. The van der Waals surface area contributed by atoms with Gasteiger partial charge in [0.25, 0.3) is 0 Å². The van der Waals surface area contributed by atoms with Crippen molar-refractivity contribution in [3.63, 3.8) is 0 Å². The molecule has 6 heteroatoms. The van der Waals surface area contributed by atoms with Crippen molar-refractivity contribution in [2.24, 2.45) is 0 Å². The fraction of sp³-hybridized carbons (Fsp3) is 0.444. The summed E-state index contributed by atoms with van der Waals surface area (Å²) >= 11 is 0. The molecule has 33 heavy (non-hydrogen) atoms. The van der Waals surface area contributed by atoms with E-state index in [-0.39, 0.29) is 11.7 Å². The van der Waals surface area contributed by atoms with E-state index < -0.39 is 17.5 Å². The van der Waals surface area contributed by atoms with Crippen LogP contribution in [-0.2, 0) is 20.8 Å². The number of benzene rings is 1. The molecule has 0 bridgehead atoms. The number of carbonyl (C=O) groups is 2. The van der Waals surface area contributed by atoms with Crippen LogP contribution in [0.25, 0.3) is 6.08 Å². The number of carbonyl (C=O) groups excluding carboxylic acids is 2. The Morgan fingerprint density at radius 2 is 1.82 bits per heavy atom. The zero-order valence-electron chi connectivity index (χ0n) is 20.6. The molecule has 0 unspecified atom stereocenters. The topological polar surface area (TPSA) is 68.7 Å². The van der Waals surface area contributed by atoms with E-state index in [0.717, 1.165) is 24.1 Å². The second-order valence-corrected chi connectivity index (χ2v) is 9.16. The zero-order chi connectivity index (χ0) is 24.4.